The molecule has 1 rings (SSSR count). The largest absolute Gasteiger partial charge is 0.355 e. The predicted octanol–water partition coefficient (Wildman–Crippen LogP) is 3.19. The highest BCUT2D eigenvalue weighted by molar-refractivity contribution is 8.00. The van der Waals surface area contributed by atoms with Gasteiger partial charge in [-0.1, -0.05) is 31.9 Å². The second kappa shape index (κ2) is 9.83. The minimum Gasteiger partial charge on any atom is -0.355 e. The maximum Gasteiger partial charge on any atom is 0.233 e. The molecule has 0 aliphatic heterocycles. The first-order chi connectivity index (χ1) is 9.67. The first kappa shape index (κ1) is 17.1. The SMILES string of the molecule is CCCCCNC(=O)C(C)Sc1ccc(CNC)cc1. The van der Waals surface area contributed by atoms with Gasteiger partial charge >= 0.3 is 0 Å². The van der Waals surface area contributed by atoms with E-state index in [0.29, 0.717) is 0 Å². The lowest BCUT2D eigenvalue weighted by Crippen LogP contribution is -2.31. The highest BCUT2D eigenvalue weighted by atomic mass is 32.2. The molecule has 4 heteroatoms. The average Bonchev–Trinajstić information content (AvgIpc) is 2.45. The fourth-order valence-corrected chi connectivity index (χ4v) is 2.77. The molecule has 0 spiro atoms. The molecule has 0 bridgehead atoms. The lowest BCUT2D eigenvalue weighted by molar-refractivity contribution is -0.120. The summed E-state index contributed by atoms with van der Waals surface area (Å²) in [5.41, 5.74) is 1.26. The van der Waals surface area contributed by atoms with Crippen molar-refractivity contribution in [3.05, 3.63) is 29.8 Å². The fourth-order valence-electron chi connectivity index (χ4n) is 1.88. The summed E-state index contributed by atoms with van der Waals surface area (Å²) in [4.78, 5) is 13.1. The van der Waals surface area contributed by atoms with Gasteiger partial charge in [0, 0.05) is 18.0 Å². The van der Waals surface area contributed by atoms with Crippen LogP contribution >= 0.6 is 11.8 Å². The van der Waals surface area contributed by atoms with Gasteiger partial charge in [0.1, 0.15) is 0 Å². The number of hydrogen-bond donors (Lipinski definition) is 2. The maximum absolute atomic E-state index is 11.9. The van der Waals surface area contributed by atoms with Crippen molar-refractivity contribution in [2.45, 2.75) is 49.8 Å². The molecule has 1 aromatic carbocycles. The van der Waals surface area contributed by atoms with Crippen LogP contribution in [-0.4, -0.2) is 24.7 Å². The zero-order valence-electron chi connectivity index (χ0n) is 12.7. The Balaban J connectivity index is 2.36. The molecule has 20 heavy (non-hydrogen) atoms. The van der Waals surface area contributed by atoms with E-state index in [1.165, 1.54) is 18.4 Å². The normalized spacial score (nSPS) is 12.2. The molecule has 0 aromatic heterocycles. The third-order valence-electron chi connectivity index (χ3n) is 3.07. The molecule has 112 valence electrons. The summed E-state index contributed by atoms with van der Waals surface area (Å²) < 4.78 is 0. The Bertz CT molecular complexity index is 392. The number of hydrogen-bond acceptors (Lipinski definition) is 3. The molecule has 1 atom stereocenters. The van der Waals surface area contributed by atoms with E-state index in [4.69, 9.17) is 0 Å². The van der Waals surface area contributed by atoms with Crippen LogP contribution in [0.1, 0.15) is 38.7 Å². The van der Waals surface area contributed by atoms with Crippen LogP contribution in [0.5, 0.6) is 0 Å². The topological polar surface area (TPSA) is 41.1 Å². The van der Waals surface area contributed by atoms with E-state index >= 15 is 0 Å². The number of amides is 1. The van der Waals surface area contributed by atoms with E-state index in [-0.39, 0.29) is 11.2 Å². The number of carbonyl (C=O) groups is 1. The smallest absolute Gasteiger partial charge is 0.233 e. The molecule has 0 heterocycles. The van der Waals surface area contributed by atoms with Gasteiger partial charge in [-0.25, -0.2) is 0 Å². The van der Waals surface area contributed by atoms with Gasteiger partial charge in [0.05, 0.1) is 5.25 Å². The van der Waals surface area contributed by atoms with Crippen LogP contribution in [0.25, 0.3) is 0 Å². The standard InChI is InChI=1S/C16H26N2OS/c1-4-5-6-11-18-16(19)13(2)20-15-9-7-14(8-10-15)12-17-3/h7-10,13,17H,4-6,11-12H2,1-3H3,(H,18,19). The highest BCUT2D eigenvalue weighted by Gasteiger charge is 2.13. The number of carbonyl (C=O) groups excluding carboxylic acids is 1. The number of unbranched alkanes of at least 4 members (excludes halogenated alkanes) is 2. The van der Waals surface area contributed by atoms with Crippen molar-refractivity contribution in [2.24, 2.45) is 0 Å². The Hall–Kier alpha value is -1.00. The zero-order chi connectivity index (χ0) is 14.8. The molecule has 0 saturated heterocycles. The van der Waals surface area contributed by atoms with Crippen molar-refractivity contribution in [1.29, 1.82) is 0 Å². The van der Waals surface area contributed by atoms with Crippen LogP contribution in [0.15, 0.2) is 29.2 Å². The van der Waals surface area contributed by atoms with E-state index in [9.17, 15) is 4.79 Å². The van der Waals surface area contributed by atoms with Crippen molar-refractivity contribution in [3.63, 3.8) is 0 Å². The van der Waals surface area contributed by atoms with Gasteiger partial charge in [-0.3, -0.25) is 4.79 Å². The second-order valence-electron chi connectivity index (χ2n) is 4.93. The van der Waals surface area contributed by atoms with Gasteiger partial charge in [0.2, 0.25) is 5.91 Å². The van der Waals surface area contributed by atoms with Crippen molar-refractivity contribution in [3.8, 4) is 0 Å². The molecule has 1 aromatic rings. The minimum atomic E-state index is -0.0493. The Morgan fingerprint density at radius 2 is 1.95 bits per heavy atom. The summed E-state index contributed by atoms with van der Waals surface area (Å²) >= 11 is 1.61. The summed E-state index contributed by atoms with van der Waals surface area (Å²) in [6.45, 7) is 5.79. The van der Waals surface area contributed by atoms with Crippen LogP contribution in [-0.2, 0) is 11.3 Å². The Morgan fingerprint density at radius 3 is 2.55 bits per heavy atom. The van der Waals surface area contributed by atoms with Crippen LogP contribution in [0.4, 0.5) is 0 Å². The summed E-state index contributed by atoms with van der Waals surface area (Å²) in [5, 5.41) is 6.08. The molecule has 1 amide bonds. The van der Waals surface area contributed by atoms with Gasteiger partial charge < -0.3 is 10.6 Å². The van der Waals surface area contributed by atoms with E-state index in [2.05, 4.69) is 41.8 Å². The first-order valence-electron chi connectivity index (χ1n) is 7.35. The quantitative estimate of drug-likeness (QED) is 0.543. The number of nitrogens with one attached hydrogen (secondary N) is 2. The monoisotopic (exact) mass is 294 g/mol. The van der Waals surface area contributed by atoms with E-state index in [1.54, 1.807) is 11.8 Å². The van der Waals surface area contributed by atoms with Crippen LogP contribution in [0.3, 0.4) is 0 Å². The van der Waals surface area contributed by atoms with Gasteiger partial charge in [0.15, 0.2) is 0 Å². The molecule has 0 aliphatic carbocycles. The Labute approximate surface area is 126 Å². The third-order valence-corrected chi connectivity index (χ3v) is 4.18. The molecule has 3 nitrogen and oxygen atoms in total. The highest BCUT2D eigenvalue weighted by Crippen LogP contribution is 2.23. The van der Waals surface area contributed by atoms with Gasteiger partial charge in [-0.15, -0.1) is 11.8 Å². The van der Waals surface area contributed by atoms with Crippen molar-refractivity contribution in [2.75, 3.05) is 13.6 Å². The molecular weight excluding hydrogens is 268 g/mol. The summed E-state index contributed by atoms with van der Waals surface area (Å²) in [6, 6.07) is 8.37. The Morgan fingerprint density at radius 1 is 1.25 bits per heavy atom. The third kappa shape index (κ3) is 6.44. The van der Waals surface area contributed by atoms with Crippen molar-refractivity contribution < 1.29 is 4.79 Å². The number of benzene rings is 1. The van der Waals surface area contributed by atoms with Gasteiger partial charge in [-0.2, -0.15) is 0 Å². The molecule has 0 fully saturated rings. The summed E-state index contributed by atoms with van der Waals surface area (Å²) in [6.07, 6.45) is 3.42. The second-order valence-corrected chi connectivity index (χ2v) is 6.35. The fraction of sp³-hybridized carbons (Fsp3) is 0.562. The lowest BCUT2D eigenvalue weighted by atomic mass is 10.2. The van der Waals surface area contributed by atoms with E-state index < -0.39 is 0 Å². The van der Waals surface area contributed by atoms with Crippen LogP contribution in [0, 0.1) is 0 Å². The molecule has 0 saturated carbocycles. The van der Waals surface area contributed by atoms with Crippen LogP contribution < -0.4 is 10.6 Å². The van der Waals surface area contributed by atoms with Gasteiger partial charge in [-0.05, 0) is 38.1 Å². The Kier molecular flexibility index (Phi) is 8.38. The van der Waals surface area contributed by atoms with Gasteiger partial charge in [0.25, 0.3) is 0 Å². The number of rotatable bonds is 9. The minimum absolute atomic E-state index is 0.0493. The predicted molar refractivity (Wildman–Crippen MR) is 87.1 cm³/mol. The zero-order valence-corrected chi connectivity index (χ0v) is 13.6. The lowest BCUT2D eigenvalue weighted by Gasteiger charge is -2.12. The van der Waals surface area contributed by atoms with Crippen molar-refractivity contribution >= 4 is 17.7 Å². The molecular formula is C16H26N2OS. The van der Waals surface area contributed by atoms with E-state index in [0.717, 1.165) is 24.4 Å². The summed E-state index contributed by atoms with van der Waals surface area (Å²) in [5.74, 6) is 0.130. The average molecular weight is 294 g/mol. The molecule has 1 unspecified atom stereocenters. The first-order valence-corrected chi connectivity index (χ1v) is 8.23. The van der Waals surface area contributed by atoms with Crippen molar-refractivity contribution in [1.82, 2.24) is 10.6 Å². The maximum atomic E-state index is 11.9. The van der Waals surface area contributed by atoms with E-state index in [1.807, 2.05) is 14.0 Å². The molecule has 0 radical (unpaired) electrons. The number of thioether (sulfide) groups is 1. The molecule has 2 N–H and O–H groups in total. The summed E-state index contributed by atoms with van der Waals surface area (Å²) in [7, 11) is 1.94. The molecule has 0 aliphatic rings. The van der Waals surface area contributed by atoms with Crippen LogP contribution in [0.2, 0.25) is 0 Å².